The molecular weight excluding hydrogens is 338 g/mol. The van der Waals surface area contributed by atoms with Crippen LogP contribution in [0.5, 0.6) is 0 Å². The van der Waals surface area contributed by atoms with Gasteiger partial charge in [-0.1, -0.05) is 24.3 Å². The topological polar surface area (TPSA) is 71.1 Å². The fourth-order valence-corrected chi connectivity index (χ4v) is 2.68. The molecule has 0 aliphatic carbocycles. The van der Waals surface area contributed by atoms with Crippen LogP contribution in [0.2, 0.25) is 0 Å². The maximum Gasteiger partial charge on any atom is 0.274 e. The lowest BCUT2D eigenvalue weighted by Crippen LogP contribution is -2.17. The van der Waals surface area contributed by atoms with Crippen LogP contribution >= 0.6 is 0 Å². The third-order valence-electron chi connectivity index (χ3n) is 4.17. The molecule has 0 atom stereocenters. The molecule has 0 bridgehead atoms. The normalized spacial score (nSPS) is 10.3. The first kappa shape index (κ1) is 18.3. The number of aromatic nitrogens is 1. The predicted octanol–water partition coefficient (Wildman–Crippen LogP) is 4.51. The van der Waals surface area contributed by atoms with E-state index in [1.165, 1.54) is 12.3 Å². The van der Waals surface area contributed by atoms with Crippen LogP contribution in [0, 0.1) is 20.8 Å². The number of pyridine rings is 1. The number of rotatable bonds is 4. The minimum Gasteiger partial charge on any atom is -0.322 e. The molecule has 3 aromatic rings. The van der Waals surface area contributed by atoms with Crippen molar-refractivity contribution in [2.24, 2.45) is 0 Å². The maximum absolute atomic E-state index is 12.6. The predicted molar refractivity (Wildman–Crippen MR) is 107 cm³/mol. The molecule has 0 spiro atoms. The molecular formula is C22H21N3O2. The molecule has 1 aromatic heterocycles. The number of carbonyl (C=O) groups excluding carboxylic acids is 2. The Balaban J connectivity index is 1.77. The molecule has 2 amide bonds. The summed E-state index contributed by atoms with van der Waals surface area (Å²) in [5.41, 5.74) is 5.08. The lowest BCUT2D eigenvalue weighted by atomic mass is 10.1. The Morgan fingerprint density at radius 1 is 0.815 bits per heavy atom. The van der Waals surface area contributed by atoms with Crippen molar-refractivity contribution in [2.75, 3.05) is 10.6 Å². The molecule has 2 N–H and O–H groups in total. The van der Waals surface area contributed by atoms with Crippen molar-refractivity contribution in [3.63, 3.8) is 0 Å². The van der Waals surface area contributed by atoms with Gasteiger partial charge in [-0.25, -0.2) is 0 Å². The van der Waals surface area contributed by atoms with Gasteiger partial charge < -0.3 is 10.6 Å². The zero-order valence-electron chi connectivity index (χ0n) is 15.5. The zero-order chi connectivity index (χ0) is 19.4. The summed E-state index contributed by atoms with van der Waals surface area (Å²) in [6, 6.07) is 16.4. The largest absolute Gasteiger partial charge is 0.322 e. The van der Waals surface area contributed by atoms with E-state index in [9.17, 15) is 9.59 Å². The second kappa shape index (κ2) is 7.83. The van der Waals surface area contributed by atoms with Gasteiger partial charge in [-0.05, 0) is 67.8 Å². The van der Waals surface area contributed by atoms with E-state index < -0.39 is 0 Å². The summed E-state index contributed by atoms with van der Waals surface area (Å²) in [5.74, 6) is -0.641. The smallest absolute Gasteiger partial charge is 0.274 e. The number of anilines is 2. The van der Waals surface area contributed by atoms with Gasteiger partial charge >= 0.3 is 0 Å². The van der Waals surface area contributed by atoms with Gasteiger partial charge in [0.25, 0.3) is 11.8 Å². The van der Waals surface area contributed by atoms with Crippen LogP contribution in [-0.2, 0) is 0 Å². The van der Waals surface area contributed by atoms with E-state index in [-0.39, 0.29) is 17.5 Å². The number of amides is 2. The average molecular weight is 359 g/mol. The van der Waals surface area contributed by atoms with Crippen molar-refractivity contribution in [3.05, 3.63) is 88.7 Å². The highest BCUT2D eigenvalue weighted by Crippen LogP contribution is 2.18. The van der Waals surface area contributed by atoms with E-state index in [1.807, 2.05) is 63.2 Å². The number of benzene rings is 2. The minimum atomic E-state index is -0.359. The summed E-state index contributed by atoms with van der Waals surface area (Å²) in [4.78, 5) is 29.1. The van der Waals surface area contributed by atoms with E-state index >= 15 is 0 Å². The van der Waals surface area contributed by atoms with E-state index in [2.05, 4.69) is 15.6 Å². The van der Waals surface area contributed by atoms with Crippen LogP contribution in [0.3, 0.4) is 0 Å². The SMILES string of the molecule is Cc1cccc(NC(=O)c2cc(C(=O)Nc3cc(C)ccc3C)ccn2)c1. The van der Waals surface area contributed by atoms with Crippen LogP contribution in [-0.4, -0.2) is 16.8 Å². The van der Waals surface area contributed by atoms with Gasteiger partial charge in [0.15, 0.2) is 0 Å². The fourth-order valence-electron chi connectivity index (χ4n) is 2.68. The second-order valence-electron chi connectivity index (χ2n) is 6.53. The highest BCUT2D eigenvalue weighted by atomic mass is 16.2. The quantitative estimate of drug-likeness (QED) is 0.720. The van der Waals surface area contributed by atoms with Crippen molar-refractivity contribution in [3.8, 4) is 0 Å². The van der Waals surface area contributed by atoms with Crippen molar-refractivity contribution in [2.45, 2.75) is 20.8 Å². The monoisotopic (exact) mass is 359 g/mol. The van der Waals surface area contributed by atoms with E-state index in [0.29, 0.717) is 11.3 Å². The molecule has 1 heterocycles. The summed E-state index contributed by atoms with van der Waals surface area (Å²) in [5, 5.41) is 5.69. The van der Waals surface area contributed by atoms with Crippen molar-refractivity contribution in [1.29, 1.82) is 0 Å². The molecule has 3 rings (SSSR count). The van der Waals surface area contributed by atoms with Gasteiger partial charge in [0.2, 0.25) is 0 Å². The van der Waals surface area contributed by atoms with Crippen molar-refractivity contribution >= 4 is 23.2 Å². The van der Waals surface area contributed by atoms with Crippen LogP contribution in [0.25, 0.3) is 0 Å². The summed E-state index contributed by atoms with van der Waals surface area (Å²) < 4.78 is 0. The lowest BCUT2D eigenvalue weighted by Gasteiger charge is -2.10. The van der Waals surface area contributed by atoms with E-state index in [0.717, 1.165) is 22.4 Å². The molecule has 0 saturated carbocycles. The zero-order valence-corrected chi connectivity index (χ0v) is 15.5. The van der Waals surface area contributed by atoms with Crippen LogP contribution < -0.4 is 10.6 Å². The second-order valence-corrected chi connectivity index (χ2v) is 6.53. The van der Waals surface area contributed by atoms with Crippen LogP contribution in [0.4, 0.5) is 11.4 Å². The van der Waals surface area contributed by atoms with Gasteiger partial charge in [-0.2, -0.15) is 0 Å². The first-order chi connectivity index (χ1) is 12.9. The Labute approximate surface area is 158 Å². The van der Waals surface area contributed by atoms with Gasteiger partial charge in [0, 0.05) is 23.1 Å². The van der Waals surface area contributed by atoms with E-state index in [4.69, 9.17) is 0 Å². The number of hydrogen-bond acceptors (Lipinski definition) is 3. The first-order valence-electron chi connectivity index (χ1n) is 8.65. The molecule has 0 aliphatic heterocycles. The standard InChI is InChI=1S/C22H21N3O2/c1-14-5-4-6-18(11-14)24-22(27)20-13-17(9-10-23-20)21(26)25-19-12-15(2)7-8-16(19)3/h4-13H,1-3H3,(H,24,27)(H,25,26). The van der Waals surface area contributed by atoms with Gasteiger partial charge in [-0.3, -0.25) is 14.6 Å². The Bertz CT molecular complexity index is 1010. The number of nitrogens with one attached hydrogen (secondary N) is 2. The molecule has 136 valence electrons. The van der Waals surface area contributed by atoms with Crippen molar-refractivity contribution < 1.29 is 9.59 Å². The first-order valence-corrected chi connectivity index (χ1v) is 8.65. The molecule has 0 unspecified atom stereocenters. The molecule has 0 aliphatic rings. The Kier molecular flexibility index (Phi) is 5.31. The van der Waals surface area contributed by atoms with E-state index in [1.54, 1.807) is 6.07 Å². The Morgan fingerprint density at radius 3 is 2.37 bits per heavy atom. The summed E-state index contributed by atoms with van der Waals surface area (Å²) in [6.07, 6.45) is 1.46. The third kappa shape index (κ3) is 4.58. The molecule has 27 heavy (non-hydrogen) atoms. The lowest BCUT2D eigenvalue weighted by molar-refractivity contribution is 0.102. The van der Waals surface area contributed by atoms with Crippen LogP contribution in [0.15, 0.2) is 60.8 Å². The molecule has 0 fully saturated rings. The minimum absolute atomic E-state index is 0.185. The summed E-state index contributed by atoms with van der Waals surface area (Å²) >= 11 is 0. The number of aryl methyl sites for hydroxylation is 3. The molecule has 0 saturated heterocycles. The Morgan fingerprint density at radius 2 is 1.59 bits per heavy atom. The van der Waals surface area contributed by atoms with Gasteiger partial charge in [0.05, 0.1) is 0 Å². The highest BCUT2D eigenvalue weighted by Gasteiger charge is 2.13. The van der Waals surface area contributed by atoms with Crippen molar-refractivity contribution in [1.82, 2.24) is 4.98 Å². The Hall–Kier alpha value is -3.47. The highest BCUT2D eigenvalue weighted by molar-refractivity contribution is 6.08. The molecule has 5 nitrogen and oxygen atoms in total. The summed E-state index contributed by atoms with van der Waals surface area (Å²) in [7, 11) is 0. The van der Waals surface area contributed by atoms with Gasteiger partial charge in [-0.15, -0.1) is 0 Å². The number of carbonyl (C=O) groups is 2. The molecule has 5 heteroatoms. The third-order valence-corrected chi connectivity index (χ3v) is 4.17. The van der Waals surface area contributed by atoms with Gasteiger partial charge in [0.1, 0.15) is 5.69 Å². The maximum atomic E-state index is 12.6. The summed E-state index contributed by atoms with van der Waals surface area (Å²) in [6.45, 7) is 5.85. The molecule has 2 aromatic carbocycles. The average Bonchev–Trinajstić information content (AvgIpc) is 2.65. The molecule has 0 radical (unpaired) electrons. The van der Waals surface area contributed by atoms with Crippen LogP contribution in [0.1, 0.15) is 37.5 Å². The number of hydrogen-bond donors (Lipinski definition) is 2. The number of nitrogens with zero attached hydrogens (tertiary/aromatic N) is 1. The fraction of sp³-hybridized carbons (Fsp3) is 0.136.